The number of hydrogen-bond acceptors (Lipinski definition) is 2. The molecule has 0 fully saturated rings. The lowest BCUT2D eigenvalue weighted by Gasteiger charge is -2.17. The van der Waals surface area contributed by atoms with Gasteiger partial charge < -0.3 is 10.1 Å². The maximum atomic E-state index is 12.4. The highest BCUT2D eigenvalue weighted by Crippen LogP contribution is 2.32. The van der Waals surface area contributed by atoms with Crippen molar-refractivity contribution in [1.82, 2.24) is 0 Å². The van der Waals surface area contributed by atoms with Crippen molar-refractivity contribution < 1.29 is 17.9 Å². The molecule has 1 aromatic carbocycles. The molecule has 0 saturated carbocycles. The number of ether oxygens (including phenoxy) is 1. The number of nitrogens with one attached hydrogen (secondary N) is 1. The van der Waals surface area contributed by atoms with Crippen molar-refractivity contribution in [3.05, 3.63) is 24.3 Å². The zero-order valence-electron chi connectivity index (χ0n) is 7.84. The summed E-state index contributed by atoms with van der Waals surface area (Å²) in [6.45, 7) is -0.464. The zero-order valence-corrected chi connectivity index (χ0v) is 7.84. The molecule has 15 heavy (non-hydrogen) atoms. The fourth-order valence-electron chi connectivity index (χ4n) is 1.43. The summed E-state index contributed by atoms with van der Waals surface area (Å²) in [5.41, 5.74) is 0.615. The largest absolute Gasteiger partial charge is 0.491 e. The Labute approximate surface area is 85.0 Å². The van der Waals surface area contributed by atoms with E-state index in [1.165, 1.54) is 0 Å². The Balaban J connectivity index is 2.15. The molecule has 1 unspecified atom stereocenters. The van der Waals surface area contributed by atoms with Crippen LogP contribution in [0.4, 0.5) is 18.9 Å². The molecule has 2 rings (SSSR count). The van der Waals surface area contributed by atoms with Crippen molar-refractivity contribution in [2.45, 2.75) is 6.18 Å². The summed E-state index contributed by atoms with van der Waals surface area (Å²) in [5, 5.41) is 2.74. The van der Waals surface area contributed by atoms with Gasteiger partial charge in [-0.05, 0) is 12.1 Å². The summed E-state index contributed by atoms with van der Waals surface area (Å²) in [6.07, 6.45) is -4.21. The summed E-state index contributed by atoms with van der Waals surface area (Å²) in [5.74, 6) is -0.978. The smallest absolute Gasteiger partial charge is 0.396 e. The molecule has 0 bridgehead atoms. The molecule has 2 nitrogen and oxygen atoms in total. The average molecular weight is 217 g/mol. The molecule has 0 spiro atoms. The molecule has 0 aromatic heterocycles. The minimum atomic E-state index is -4.21. The minimum absolute atomic E-state index is 0.138. The Kier molecular flexibility index (Phi) is 2.46. The van der Waals surface area contributed by atoms with Crippen molar-refractivity contribution in [1.29, 1.82) is 0 Å². The van der Waals surface area contributed by atoms with Gasteiger partial charge in [-0.15, -0.1) is 0 Å². The Bertz CT molecular complexity index is 324. The predicted molar refractivity (Wildman–Crippen MR) is 50.0 cm³/mol. The van der Waals surface area contributed by atoms with E-state index in [0.717, 1.165) is 0 Å². The number of hydrogen-bond donors (Lipinski definition) is 1. The quantitative estimate of drug-likeness (QED) is 0.721. The number of rotatable bonds is 0. The zero-order chi connectivity index (χ0) is 10.9. The number of anilines is 1. The van der Waals surface area contributed by atoms with Gasteiger partial charge in [0.25, 0.3) is 0 Å². The first kappa shape index (κ1) is 10.1. The first-order valence-electron chi connectivity index (χ1n) is 4.60. The Hall–Kier alpha value is -1.39. The van der Waals surface area contributed by atoms with E-state index in [1.807, 2.05) is 0 Å². The lowest BCUT2D eigenvalue weighted by atomic mass is 10.1. The Morgan fingerprint density at radius 1 is 1.27 bits per heavy atom. The van der Waals surface area contributed by atoms with Crippen molar-refractivity contribution in [3.63, 3.8) is 0 Å². The third-order valence-electron chi connectivity index (χ3n) is 2.33. The molecule has 1 aliphatic heterocycles. The molecule has 82 valence electrons. The van der Waals surface area contributed by atoms with Crippen LogP contribution in [0.2, 0.25) is 0 Å². The molecule has 1 heterocycles. The van der Waals surface area contributed by atoms with Gasteiger partial charge in [-0.3, -0.25) is 0 Å². The predicted octanol–water partition coefficient (Wildman–Crippen LogP) is 2.67. The van der Waals surface area contributed by atoms with E-state index < -0.39 is 12.1 Å². The number of benzene rings is 1. The third kappa shape index (κ3) is 2.16. The summed E-state index contributed by atoms with van der Waals surface area (Å²) < 4.78 is 42.4. The van der Waals surface area contributed by atoms with Gasteiger partial charge in [0.15, 0.2) is 0 Å². The van der Waals surface area contributed by atoms with Gasteiger partial charge in [0, 0.05) is 6.54 Å². The highest BCUT2D eigenvalue weighted by molar-refractivity contribution is 5.56. The molecule has 5 heteroatoms. The molecular formula is C10H10F3NO. The van der Waals surface area contributed by atoms with E-state index in [0.29, 0.717) is 11.4 Å². The fourth-order valence-corrected chi connectivity index (χ4v) is 1.43. The lowest BCUT2D eigenvalue weighted by molar-refractivity contribution is -0.176. The van der Waals surface area contributed by atoms with Gasteiger partial charge in [-0.1, -0.05) is 12.1 Å². The van der Waals surface area contributed by atoms with E-state index in [1.54, 1.807) is 24.3 Å². The van der Waals surface area contributed by atoms with E-state index >= 15 is 0 Å². The van der Waals surface area contributed by atoms with Gasteiger partial charge in [0.1, 0.15) is 18.3 Å². The monoisotopic (exact) mass is 217 g/mol. The molecular weight excluding hydrogens is 207 g/mol. The second-order valence-electron chi connectivity index (χ2n) is 3.43. The molecule has 1 N–H and O–H groups in total. The second-order valence-corrected chi connectivity index (χ2v) is 3.43. The van der Waals surface area contributed by atoms with Crippen molar-refractivity contribution in [3.8, 4) is 5.75 Å². The van der Waals surface area contributed by atoms with Gasteiger partial charge >= 0.3 is 6.18 Å². The van der Waals surface area contributed by atoms with Crippen molar-refractivity contribution >= 4 is 5.69 Å². The lowest BCUT2D eigenvalue weighted by Crippen LogP contribution is -2.32. The molecule has 0 aliphatic carbocycles. The molecule has 1 atom stereocenters. The van der Waals surface area contributed by atoms with Gasteiger partial charge in [-0.25, -0.2) is 0 Å². The third-order valence-corrected chi connectivity index (χ3v) is 2.33. The summed E-state index contributed by atoms with van der Waals surface area (Å²) in [4.78, 5) is 0. The number of fused-ring (bicyclic) bond motifs is 1. The molecule has 0 amide bonds. The van der Waals surface area contributed by atoms with Crippen LogP contribution >= 0.6 is 0 Å². The highest BCUT2D eigenvalue weighted by atomic mass is 19.4. The maximum absolute atomic E-state index is 12.4. The summed E-state index contributed by atoms with van der Waals surface area (Å²) >= 11 is 0. The van der Waals surface area contributed by atoms with E-state index in [4.69, 9.17) is 4.74 Å². The number of halogens is 3. The average Bonchev–Trinajstić information content (AvgIpc) is 2.38. The highest BCUT2D eigenvalue weighted by Gasteiger charge is 2.41. The molecule has 1 aromatic rings. The van der Waals surface area contributed by atoms with Crippen LogP contribution in [0, 0.1) is 5.92 Å². The SMILES string of the molecule is FC(F)(F)C1CNc2ccccc2OC1. The van der Waals surface area contributed by atoms with Crippen LogP contribution in [0.5, 0.6) is 5.75 Å². The standard InChI is InChI=1S/C10H10F3NO/c11-10(12,13)7-5-14-8-3-1-2-4-9(8)15-6-7/h1-4,7,14H,5-6H2. The van der Waals surface area contributed by atoms with Crippen LogP contribution in [0.3, 0.4) is 0 Å². The molecule has 0 saturated heterocycles. The van der Waals surface area contributed by atoms with Crippen LogP contribution in [0.15, 0.2) is 24.3 Å². The fraction of sp³-hybridized carbons (Fsp3) is 0.400. The first-order valence-corrected chi connectivity index (χ1v) is 4.60. The molecule has 1 aliphatic rings. The van der Waals surface area contributed by atoms with Crippen molar-refractivity contribution in [2.24, 2.45) is 5.92 Å². The van der Waals surface area contributed by atoms with E-state index in [2.05, 4.69) is 5.32 Å². The van der Waals surface area contributed by atoms with E-state index in [9.17, 15) is 13.2 Å². The topological polar surface area (TPSA) is 21.3 Å². The van der Waals surface area contributed by atoms with Gasteiger partial charge in [-0.2, -0.15) is 13.2 Å². The summed E-state index contributed by atoms with van der Waals surface area (Å²) in [7, 11) is 0. The van der Waals surface area contributed by atoms with Gasteiger partial charge in [0.05, 0.1) is 5.69 Å². The maximum Gasteiger partial charge on any atom is 0.396 e. The number of alkyl halides is 3. The molecule has 0 radical (unpaired) electrons. The van der Waals surface area contributed by atoms with E-state index in [-0.39, 0.29) is 13.2 Å². The van der Waals surface area contributed by atoms with Crippen LogP contribution in [0.1, 0.15) is 0 Å². The second kappa shape index (κ2) is 3.64. The van der Waals surface area contributed by atoms with Crippen LogP contribution < -0.4 is 10.1 Å². The Morgan fingerprint density at radius 3 is 2.73 bits per heavy atom. The van der Waals surface area contributed by atoms with Gasteiger partial charge in [0.2, 0.25) is 0 Å². The Morgan fingerprint density at radius 2 is 2.00 bits per heavy atom. The van der Waals surface area contributed by atoms with Crippen molar-refractivity contribution in [2.75, 3.05) is 18.5 Å². The summed E-state index contributed by atoms with van der Waals surface area (Å²) in [6, 6.07) is 6.84. The van der Waals surface area contributed by atoms with Crippen LogP contribution in [-0.4, -0.2) is 19.3 Å². The number of para-hydroxylation sites is 2. The normalized spacial score (nSPS) is 20.9. The first-order chi connectivity index (χ1) is 7.07. The minimum Gasteiger partial charge on any atom is -0.491 e. The van der Waals surface area contributed by atoms with Crippen LogP contribution in [-0.2, 0) is 0 Å². The van der Waals surface area contributed by atoms with Crippen LogP contribution in [0.25, 0.3) is 0 Å².